The molecule has 6 nitrogen and oxygen atoms in total. The minimum absolute atomic E-state index is 0.0425. The molecule has 2 fully saturated rings. The van der Waals surface area contributed by atoms with Gasteiger partial charge in [-0.2, -0.15) is 0 Å². The Morgan fingerprint density at radius 3 is 2.42 bits per heavy atom. The molecule has 0 bridgehead atoms. The summed E-state index contributed by atoms with van der Waals surface area (Å²) in [5.41, 5.74) is -0.219. The van der Waals surface area contributed by atoms with Crippen molar-refractivity contribution in [3.8, 4) is 0 Å². The van der Waals surface area contributed by atoms with Crippen LogP contribution in [0.2, 0.25) is 0 Å². The van der Waals surface area contributed by atoms with E-state index in [1.165, 1.54) is 0 Å². The molecule has 1 saturated carbocycles. The van der Waals surface area contributed by atoms with E-state index in [4.69, 9.17) is 0 Å². The van der Waals surface area contributed by atoms with Crippen LogP contribution < -0.4 is 0 Å². The molecule has 1 aliphatic carbocycles. The average molecular weight is 363 g/mol. The average Bonchev–Trinajstić information content (AvgIpc) is 3.04. The van der Waals surface area contributed by atoms with Crippen LogP contribution >= 0.6 is 0 Å². The molecule has 2 heterocycles. The van der Waals surface area contributed by atoms with Crippen molar-refractivity contribution in [3.63, 3.8) is 0 Å². The molecule has 1 aliphatic heterocycles. The zero-order chi connectivity index (χ0) is 18.8. The third-order valence-corrected chi connectivity index (χ3v) is 6.53. The molecule has 1 saturated heterocycles. The van der Waals surface area contributed by atoms with Crippen LogP contribution in [0.25, 0.3) is 0 Å². The van der Waals surface area contributed by atoms with Crippen molar-refractivity contribution in [1.29, 1.82) is 0 Å². The number of likely N-dealkylation sites (tertiary alicyclic amines) is 1. The molecule has 146 valence electrons. The van der Waals surface area contributed by atoms with Crippen molar-refractivity contribution in [2.75, 3.05) is 33.2 Å². The van der Waals surface area contributed by atoms with E-state index in [2.05, 4.69) is 23.9 Å². The number of carbonyl (C=O) groups excluding carboxylic acids is 1. The van der Waals surface area contributed by atoms with Gasteiger partial charge < -0.3 is 19.5 Å². The summed E-state index contributed by atoms with van der Waals surface area (Å²) in [5.74, 6) is 0.568. The smallest absolute Gasteiger partial charge is 0.289 e. The first kappa shape index (κ1) is 19.4. The van der Waals surface area contributed by atoms with Crippen molar-refractivity contribution >= 4 is 5.91 Å². The van der Waals surface area contributed by atoms with Crippen molar-refractivity contribution in [2.45, 2.75) is 57.5 Å². The Morgan fingerprint density at radius 2 is 1.88 bits per heavy atom. The number of piperidine rings is 1. The molecule has 1 spiro atoms. The molecular weight excluding hydrogens is 328 g/mol. The summed E-state index contributed by atoms with van der Waals surface area (Å²) in [6.07, 6.45) is 10.6. The Hall–Kier alpha value is -1.40. The normalized spacial score (nSPS) is 22.1. The second-order valence-electron chi connectivity index (χ2n) is 8.62. The third kappa shape index (κ3) is 4.12. The molecule has 3 rings (SSSR count). The van der Waals surface area contributed by atoms with Gasteiger partial charge in [0.15, 0.2) is 5.82 Å². The number of nitrogens with zero attached hydrogens (tertiary/aromatic N) is 4. The number of carbonyl (C=O) groups is 1. The van der Waals surface area contributed by atoms with Gasteiger partial charge in [-0.25, -0.2) is 4.98 Å². The number of hydrogen-bond donors (Lipinski definition) is 1. The molecule has 1 amide bonds. The lowest BCUT2D eigenvalue weighted by molar-refractivity contribution is -0.0644. The molecule has 26 heavy (non-hydrogen) atoms. The summed E-state index contributed by atoms with van der Waals surface area (Å²) in [4.78, 5) is 21.0. The van der Waals surface area contributed by atoms with Crippen LogP contribution in [0, 0.1) is 5.41 Å². The second kappa shape index (κ2) is 7.69. The highest BCUT2D eigenvalue weighted by atomic mass is 16.3. The van der Waals surface area contributed by atoms with E-state index in [9.17, 15) is 9.90 Å². The highest BCUT2D eigenvalue weighted by molar-refractivity contribution is 5.90. The minimum Gasteiger partial charge on any atom is -0.389 e. The molecule has 0 aromatic carbocycles. The summed E-state index contributed by atoms with van der Waals surface area (Å²) in [6, 6.07) is 0. The van der Waals surface area contributed by atoms with Crippen molar-refractivity contribution < 1.29 is 9.90 Å². The predicted octanol–water partition coefficient (Wildman–Crippen LogP) is 2.29. The van der Waals surface area contributed by atoms with E-state index in [1.54, 1.807) is 10.8 Å². The Bertz CT molecular complexity index is 609. The summed E-state index contributed by atoms with van der Waals surface area (Å²) in [6.45, 7) is 5.61. The Kier molecular flexibility index (Phi) is 5.72. The van der Waals surface area contributed by atoms with Crippen LogP contribution in [-0.2, 0) is 7.05 Å². The maximum atomic E-state index is 12.6. The Labute approximate surface area is 157 Å². The Balaban J connectivity index is 1.52. The lowest BCUT2D eigenvalue weighted by atomic mass is 9.64. The molecule has 0 atom stereocenters. The first-order valence-corrected chi connectivity index (χ1v) is 10.0. The minimum atomic E-state index is -0.533. The van der Waals surface area contributed by atoms with Crippen LogP contribution in [0.4, 0.5) is 0 Å². The largest absolute Gasteiger partial charge is 0.389 e. The zero-order valence-electron chi connectivity index (χ0n) is 16.6. The van der Waals surface area contributed by atoms with Gasteiger partial charge in [0.05, 0.1) is 5.60 Å². The van der Waals surface area contributed by atoms with Gasteiger partial charge in [0.2, 0.25) is 0 Å². The van der Waals surface area contributed by atoms with Crippen LogP contribution in [0.3, 0.4) is 0 Å². The number of hydrogen-bond acceptors (Lipinski definition) is 4. The van der Waals surface area contributed by atoms with E-state index in [0.29, 0.717) is 11.2 Å². The lowest BCUT2D eigenvalue weighted by Gasteiger charge is -2.49. The van der Waals surface area contributed by atoms with E-state index < -0.39 is 5.60 Å². The number of amides is 1. The third-order valence-electron chi connectivity index (χ3n) is 6.53. The lowest BCUT2D eigenvalue weighted by Crippen LogP contribution is -2.50. The van der Waals surface area contributed by atoms with Gasteiger partial charge in [0, 0.05) is 39.1 Å². The van der Waals surface area contributed by atoms with E-state index in [-0.39, 0.29) is 5.91 Å². The summed E-state index contributed by atoms with van der Waals surface area (Å²) < 4.78 is 1.79. The maximum Gasteiger partial charge on any atom is 0.289 e. The van der Waals surface area contributed by atoms with Gasteiger partial charge in [-0.3, -0.25) is 4.79 Å². The van der Waals surface area contributed by atoms with Crippen molar-refractivity contribution in [3.05, 3.63) is 18.2 Å². The van der Waals surface area contributed by atoms with Crippen molar-refractivity contribution in [2.24, 2.45) is 12.5 Å². The fourth-order valence-electron chi connectivity index (χ4n) is 4.76. The summed E-state index contributed by atoms with van der Waals surface area (Å²) in [5, 5.41) is 11.0. The fourth-order valence-corrected chi connectivity index (χ4v) is 4.76. The maximum absolute atomic E-state index is 12.6. The quantitative estimate of drug-likeness (QED) is 0.873. The van der Waals surface area contributed by atoms with Crippen LogP contribution in [0.1, 0.15) is 62.5 Å². The fraction of sp³-hybridized carbons (Fsp3) is 0.800. The van der Waals surface area contributed by atoms with Crippen LogP contribution in [0.5, 0.6) is 0 Å². The number of likely N-dealkylation sites (N-methyl/N-ethyl adjacent to an activating group) is 1. The molecule has 6 heteroatoms. The molecule has 0 unspecified atom stereocenters. The van der Waals surface area contributed by atoms with Gasteiger partial charge in [-0.15, -0.1) is 0 Å². The zero-order valence-corrected chi connectivity index (χ0v) is 16.6. The standard InChI is InChI=1S/C20H34N4O2/c1-4-12-22(2)16-20(26)7-5-19(6-8-20)9-13-24(14-10-19)18(25)17-21-11-15-23(17)3/h11,15,26H,4-10,12-14,16H2,1-3H3. The number of aliphatic hydroxyl groups is 1. The summed E-state index contributed by atoms with van der Waals surface area (Å²) >= 11 is 0. The van der Waals surface area contributed by atoms with Crippen LogP contribution in [0.15, 0.2) is 12.4 Å². The molecule has 1 aromatic rings. The number of imidazole rings is 1. The van der Waals surface area contributed by atoms with Gasteiger partial charge in [-0.05, 0) is 64.0 Å². The van der Waals surface area contributed by atoms with Crippen molar-refractivity contribution in [1.82, 2.24) is 19.4 Å². The predicted molar refractivity (Wildman–Crippen MR) is 102 cm³/mol. The molecule has 1 aromatic heterocycles. The van der Waals surface area contributed by atoms with Gasteiger partial charge in [0.25, 0.3) is 5.91 Å². The Morgan fingerprint density at radius 1 is 1.23 bits per heavy atom. The molecule has 2 aliphatic rings. The van der Waals surface area contributed by atoms with Gasteiger partial charge in [0.1, 0.15) is 0 Å². The molecule has 1 N–H and O–H groups in total. The second-order valence-corrected chi connectivity index (χ2v) is 8.62. The number of aromatic nitrogens is 2. The monoisotopic (exact) mass is 362 g/mol. The highest BCUT2D eigenvalue weighted by Gasteiger charge is 2.44. The van der Waals surface area contributed by atoms with Gasteiger partial charge in [-0.1, -0.05) is 6.92 Å². The van der Waals surface area contributed by atoms with E-state index >= 15 is 0 Å². The van der Waals surface area contributed by atoms with Gasteiger partial charge >= 0.3 is 0 Å². The first-order chi connectivity index (χ1) is 12.4. The number of rotatable bonds is 5. The molecular formula is C20H34N4O2. The van der Waals surface area contributed by atoms with Crippen LogP contribution in [-0.4, -0.2) is 69.2 Å². The molecule has 0 radical (unpaired) electrons. The van der Waals surface area contributed by atoms with E-state index in [1.807, 2.05) is 18.1 Å². The topological polar surface area (TPSA) is 61.6 Å². The van der Waals surface area contributed by atoms with E-state index in [0.717, 1.165) is 71.1 Å². The SMILES string of the molecule is CCCN(C)CC1(O)CCC2(CCN(C(=O)c3nccn3C)CC2)CC1. The number of aryl methyl sites for hydroxylation is 1. The first-order valence-electron chi connectivity index (χ1n) is 10.0. The highest BCUT2D eigenvalue weighted by Crippen LogP contribution is 2.47. The summed E-state index contributed by atoms with van der Waals surface area (Å²) in [7, 11) is 3.97.